The van der Waals surface area contributed by atoms with Gasteiger partial charge < -0.3 is 15.1 Å². The third-order valence-electron chi connectivity index (χ3n) is 5.92. The minimum absolute atomic E-state index is 0.0250. The molecule has 2 aromatic rings. The van der Waals surface area contributed by atoms with E-state index < -0.39 is 11.7 Å². The molecule has 9 heteroatoms. The Morgan fingerprint density at radius 3 is 2.38 bits per heavy atom. The van der Waals surface area contributed by atoms with Crippen molar-refractivity contribution >= 4 is 29.0 Å². The van der Waals surface area contributed by atoms with Gasteiger partial charge in [0.2, 0.25) is 5.91 Å². The van der Waals surface area contributed by atoms with Crippen molar-refractivity contribution in [1.29, 1.82) is 0 Å². The molecule has 0 atom stereocenters. The Morgan fingerprint density at radius 2 is 1.66 bits per heavy atom. The molecule has 0 aliphatic carbocycles. The number of nitrogens with one attached hydrogen (secondary N) is 1. The second kappa shape index (κ2) is 9.72. The minimum atomic E-state index is -4.36. The van der Waals surface area contributed by atoms with Gasteiger partial charge in [-0.25, -0.2) is 0 Å². The van der Waals surface area contributed by atoms with Crippen molar-refractivity contribution in [2.24, 2.45) is 0 Å². The molecule has 2 aliphatic rings. The normalized spacial score (nSPS) is 17.1. The number of anilines is 2. The number of carbonyl (C=O) groups is 1. The minimum Gasteiger partial charge on any atom is -0.358 e. The van der Waals surface area contributed by atoms with Gasteiger partial charge in [-0.3, -0.25) is 9.69 Å². The molecule has 0 spiro atoms. The second-order valence-electron chi connectivity index (χ2n) is 8.05. The Balaban J connectivity index is 1.42. The molecule has 0 saturated carbocycles. The van der Waals surface area contributed by atoms with Crippen molar-refractivity contribution in [2.75, 3.05) is 57.8 Å². The van der Waals surface area contributed by atoms with E-state index in [4.69, 9.17) is 0 Å². The Labute approximate surface area is 190 Å². The van der Waals surface area contributed by atoms with Gasteiger partial charge in [-0.05, 0) is 43.3 Å². The summed E-state index contributed by atoms with van der Waals surface area (Å²) in [5.41, 5.74) is 0.965. The zero-order valence-corrected chi connectivity index (χ0v) is 18.8. The summed E-state index contributed by atoms with van der Waals surface area (Å²) in [6, 6.07) is 11.9. The number of hydrogen-bond donors (Lipinski definition) is 1. The monoisotopic (exact) mass is 464 g/mol. The van der Waals surface area contributed by atoms with Crippen LogP contribution in [0.15, 0.2) is 52.3 Å². The van der Waals surface area contributed by atoms with E-state index in [-0.39, 0.29) is 5.91 Å². The van der Waals surface area contributed by atoms with E-state index in [9.17, 15) is 18.0 Å². The smallest absolute Gasteiger partial charge is 0.358 e. The molecule has 1 amide bonds. The number of fused-ring (bicyclic) bond motifs is 2. The van der Waals surface area contributed by atoms with Gasteiger partial charge in [-0.1, -0.05) is 23.9 Å². The summed E-state index contributed by atoms with van der Waals surface area (Å²) < 4.78 is 40.0. The van der Waals surface area contributed by atoms with Gasteiger partial charge >= 0.3 is 6.18 Å². The van der Waals surface area contributed by atoms with E-state index in [1.165, 1.54) is 17.8 Å². The summed E-state index contributed by atoms with van der Waals surface area (Å²) in [4.78, 5) is 20.0. The molecule has 5 nitrogen and oxygen atoms in total. The number of alkyl halides is 3. The number of piperazine rings is 1. The molecule has 2 aromatic carbocycles. The van der Waals surface area contributed by atoms with Crippen LogP contribution < -0.4 is 10.2 Å². The molecular weight excluding hydrogens is 437 g/mol. The number of para-hydroxylation sites is 1. The standard InChI is InChI=1S/C23H27F3N4OS/c1-27-22(31)16-29-13-11-28(12-14-29)9-4-10-30-18-5-2-3-6-20(18)32-21-8-7-17(15-19(21)30)23(24,25)26/h2-3,5-8,15H,4,9-14,16H2,1H3,(H,27,31). The maximum absolute atomic E-state index is 13.3. The summed E-state index contributed by atoms with van der Waals surface area (Å²) in [6.07, 6.45) is -3.53. The molecule has 1 fully saturated rings. The lowest BCUT2D eigenvalue weighted by atomic mass is 10.1. The largest absolute Gasteiger partial charge is 0.416 e. The van der Waals surface area contributed by atoms with Gasteiger partial charge in [0.25, 0.3) is 0 Å². The maximum atomic E-state index is 13.3. The van der Waals surface area contributed by atoms with Crippen LogP contribution in [-0.4, -0.2) is 68.6 Å². The lowest BCUT2D eigenvalue weighted by Gasteiger charge is -2.36. The van der Waals surface area contributed by atoms with Crippen LogP contribution in [0.3, 0.4) is 0 Å². The van der Waals surface area contributed by atoms with Crippen LogP contribution in [0.2, 0.25) is 0 Å². The van der Waals surface area contributed by atoms with Crippen LogP contribution in [0.5, 0.6) is 0 Å². The number of benzene rings is 2. The summed E-state index contributed by atoms with van der Waals surface area (Å²) in [5.74, 6) is 0.0250. The van der Waals surface area contributed by atoms with Gasteiger partial charge in [0.1, 0.15) is 0 Å². The molecule has 1 N–H and O–H groups in total. The van der Waals surface area contributed by atoms with Gasteiger partial charge in [0.15, 0.2) is 0 Å². The number of carbonyl (C=O) groups excluding carboxylic acids is 1. The molecule has 0 radical (unpaired) electrons. The highest BCUT2D eigenvalue weighted by Gasteiger charge is 2.33. The van der Waals surface area contributed by atoms with Crippen LogP contribution in [-0.2, 0) is 11.0 Å². The van der Waals surface area contributed by atoms with Crippen molar-refractivity contribution in [2.45, 2.75) is 22.4 Å². The predicted molar refractivity (Wildman–Crippen MR) is 121 cm³/mol. The Hall–Kier alpha value is -2.23. The van der Waals surface area contributed by atoms with Crippen molar-refractivity contribution < 1.29 is 18.0 Å². The first-order valence-corrected chi connectivity index (χ1v) is 11.6. The number of hydrogen-bond acceptors (Lipinski definition) is 5. The van der Waals surface area contributed by atoms with Crippen molar-refractivity contribution in [1.82, 2.24) is 15.1 Å². The average molecular weight is 465 g/mol. The number of amides is 1. The first-order chi connectivity index (χ1) is 15.3. The van der Waals surface area contributed by atoms with Crippen molar-refractivity contribution in [3.8, 4) is 0 Å². The third kappa shape index (κ3) is 5.22. The van der Waals surface area contributed by atoms with Crippen LogP contribution in [0.1, 0.15) is 12.0 Å². The molecule has 0 aromatic heterocycles. The highest BCUT2D eigenvalue weighted by atomic mass is 32.2. The Kier molecular flexibility index (Phi) is 6.97. The van der Waals surface area contributed by atoms with Gasteiger partial charge in [0.05, 0.1) is 23.5 Å². The fraction of sp³-hybridized carbons (Fsp3) is 0.435. The van der Waals surface area contributed by atoms with Crippen LogP contribution in [0.25, 0.3) is 0 Å². The molecule has 1 saturated heterocycles. The highest BCUT2D eigenvalue weighted by Crippen LogP contribution is 2.49. The lowest BCUT2D eigenvalue weighted by molar-refractivity contribution is -0.137. The summed E-state index contributed by atoms with van der Waals surface area (Å²) in [5, 5.41) is 2.65. The first-order valence-electron chi connectivity index (χ1n) is 10.8. The maximum Gasteiger partial charge on any atom is 0.416 e. The number of likely N-dealkylation sites (N-methyl/N-ethyl adjacent to an activating group) is 1. The highest BCUT2D eigenvalue weighted by molar-refractivity contribution is 7.99. The fourth-order valence-corrected chi connectivity index (χ4v) is 5.23. The molecule has 32 heavy (non-hydrogen) atoms. The number of rotatable bonds is 6. The van der Waals surface area contributed by atoms with E-state index in [1.54, 1.807) is 13.1 Å². The van der Waals surface area contributed by atoms with Crippen LogP contribution in [0.4, 0.5) is 24.5 Å². The molecule has 172 valence electrons. The van der Waals surface area contributed by atoms with E-state index in [1.807, 2.05) is 29.2 Å². The average Bonchev–Trinajstić information content (AvgIpc) is 2.78. The van der Waals surface area contributed by atoms with E-state index in [2.05, 4.69) is 15.1 Å². The second-order valence-corrected chi connectivity index (χ2v) is 9.13. The Morgan fingerprint density at radius 1 is 0.969 bits per heavy atom. The van der Waals surface area contributed by atoms with Gasteiger partial charge in [-0.2, -0.15) is 13.2 Å². The predicted octanol–water partition coefficient (Wildman–Crippen LogP) is 4.06. The Bertz CT molecular complexity index is 960. The van der Waals surface area contributed by atoms with Gasteiger partial charge in [0, 0.05) is 49.6 Å². The fourth-order valence-electron chi connectivity index (χ4n) is 4.15. The van der Waals surface area contributed by atoms with E-state index in [0.29, 0.717) is 18.8 Å². The molecule has 4 rings (SSSR count). The summed E-state index contributed by atoms with van der Waals surface area (Å²) >= 11 is 1.52. The van der Waals surface area contributed by atoms with Crippen LogP contribution in [0, 0.1) is 0 Å². The lowest BCUT2D eigenvalue weighted by Crippen LogP contribution is -2.49. The summed E-state index contributed by atoms with van der Waals surface area (Å²) in [6.45, 7) is 5.39. The quantitative estimate of drug-likeness (QED) is 0.698. The van der Waals surface area contributed by atoms with Crippen molar-refractivity contribution in [3.05, 3.63) is 48.0 Å². The molecular formula is C23H27F3N4OS. The molecule has 0 bridgehead atoms. The number of halogens is 3. The third-order valence-corrected chi connectivity index (χ3v) is 7.05. The van der Waals surface area contributed by atoms with Crippen LogP contribution >= 0.6 is 11.8 Å². The molecule has 2 aliphatic heterocycles. The molecule has 2 heterocycles. The van der Waals surface area contributed by atoms with E-state index in [0.717, 1.165) is 60.7 Å². The zero-order chi connectivity index (χ0) is 22.7. The summed E-state index contributed by atoms with van der Waals surface area (Å²) in [7, 11) is 1.64. The zero-order valence-electron chi connectivity index (χ0n) is 18.0. The van der Waals surface area contributed by atoms with Gasteiger partial charge in [-0.15, -0.1) is 0 Å². The first kappa shape index (κ1) is 22.9. The molecule has 0 unspecified atom stereocenters. The van der Waals surface area contributed by atoms with E-state index >= 15 is 0 Å². The topological polar surface area (TPSA) is 38.8 Å². The SMILES string of the molecule is CNC(=O)CN1CCN(CCCN2c3ccccc3Sc3ccc(C(F)(F)F)cc32)CC1. The number of nitrogens with zero attached hydrogens (tertiary/aromatic N) is 3. The van der Waals surface area contributed by atoms with Crippen molar-refractivity contribution in [3.63, 3.8) is 0 Å².